The topological polar surface area (TPSA) is 86.8 Å². The van der Waals surface area contributed by atoms with Crippen LogP contribution in [0.25, 0.3) is 0 Å². The van der Waals surface area contributed by atoms with Crippen LogP contribution >= 0.6 is 15.9 Å². The number of hydrogen-bond donors (Lipinski definition) is 1. The number of anilines is 1. The van der Waals surface area contributed by atoms with Crippen molar-refractivity contribution in [3.05, 3.63) is 130 Å². The van der Waals surface area contributed by atoms with Crippen molar-refractivity contribution in [3.63, 3.8) is 0 Å². The maximum Gasteiger partial charge on any atom is 0.264 e. The van der Waals surface area contributed by atoms with Crippen LogP contribution in [0.1, 0.15) is 37.0 Å². The summed E-state index contributed by atoms with van der Waals surface area (Å²) in [4.78, 5) is 29.9. The van der Waals surface area contributed by atoms with E-state index in [0.717, 1.165) is 27.4 Å². The van der Waals surface area contributed by atoms with E-state index in [1.165, 1.54) is 4.90 Å². The lowest BCUT2D eigenvalue weighted by molar-refractivity contribution is -0.140. The van der Waals surface area contributed by atoms with Crippen molar-refractivity contribution in [2.75, 3.05) is 10.8 Å². The smallest absolute Gasteiger partial charge is 0.264 e. The Balaban J connectivity index is 1.79. The lowest BCUT2D eigenvalue weighted by Gasteiger charge is -2.34. The van der Waals surface area contributed by atoms with Gasteiger partial charge in [-0.2, -0.15) is 0 Å². The van der Waals surface area contributed by atoms with E-state index < -0.39 is 28.5 Å². The lowest BCUT2D eigenvalue weighted by atomic mass is 10.0. The Kier molecular flexibility index (Phi) is 11.4. The molecule has 0 aliphatic rings. The normalized spacial score (nSPS) is 12.6. The van der Waals surface area contributed by atoms with Crippen LogP contribution in [0.15, 0.2) is 119 Å². The average Bonchev–Trinajstić information content (AvgIpc) is 3.02. The number of halogens is 1. The van der Waals surface area contributed by atoms with Crippen LogP contribution in [-0.2, 0) is 32.6 Å². The predicted molar refractivity (Wildman–Crippen MR) is 179 cm³/mol. The van der Waals surface area contributed by atoms with Crippen molar-refractivity contribution >= 4 is 43.5 Å². The molecule has 0 bridgehead atoms. The number of hydrogen-bond acceptors (Lipinski definition) is 4. The van der Waals surface area contributed by atoms with Gasteiger partial charge in [0.05, 0.1) is 10.6 Å². The van der Waals surface area contributed by atoms with E-state index in [1.54, 1.807) is 48.5 Å². The molecule has 0 aliphatic carbocycles. The molecule has 0 aliphatic heterocycles. The van der Waals surface area contributed by atoms with Gasteiger partial charge in [0.2, 0.25) is 11.8 Å². The third-order valence-corrected chi connectivity index (χ3v) is 9.73. The SMILES string of the molecule is CC[C@@H](C)NC(=O)[C@@H](Cc1ccccc1)N(Cc1ccccc1)C(=O)CN(c1cccc(Br)c1)S(=O)(=O)c1ccc(C)cc1. The fraction of sp³-hybridized carbons (Fsp3) is 0.257. The second-order valence-corrected chi connectivity index (χ2v) is 13.6. The molecule has 0 saturated carbocycles. The van der Waals surface area contributed by atoms with E-state index in [-0.39, 0.29) is 29.8 Å². The highest BCUT2D eigenvalue weighted by Gasteiger charge is 2.35. The highest BCUT2D eigenvalue weighted by atomic mass is 79.9. The first kappa shape index (κ1) is 33.0. The molecule has 4 aromatic carbocycles. The van der Waals surface area contributed by atoms with Gasteiger partial charge in [0.1, 0.15) is 12.6 Å². The summed E-state index contributed by atoms with van der Waals surface area (Å²) in [6.45, 7) is 5.41. The molecule has 44 heavy (non-hydrogen) atoms. The molecule has 0 aromatic heterocycles. The van der Waals surface area contributed by atoms with Gasteiger partial charge in [0.15, 0.2) is 0 Å². The van der Waals surface area contributed by atoms with Crippen molar-refractivity contribution < 1.29 is 18.0 Å². The van der Waals surface area contributed by atoms with Gasteiger partial charge in [-0.3, -0.25) is 13.9 Å². The third kappa shape index (κ3) is 8.57. The minimum Gasteiger partial charge on any atom is -0.352 e. The summed E-state index contributed by atoms with van der Waals surface area (Å²) in [5.41, 5.74) is 2.96. The Morgan fingerprint density at radius 1 is 0.841 bits per heavy atom. The molecule has 0 heterocycles. The molecule has 230 valence electrons. The van der Waals surface area contributed by atoms with Gasteiger partial charge in [0.25, 0.3) is 10.0 Å². The Hall–Kier alpha value is -3.95. The molecule has 2 atom stereocenters. The summed E-state index contributed by atoms with van der Waals surface area (Å²) >= 11 is 3.44. The summed E-state index contributed by atoms with van der Waals surface area (Å²) in [7, 11) is -4.15. The van der Waals surface area contributed by atoms with Crippen LogP contribution < -0.4 is 9.62 Å². The fourth-order valence-electron chi connectivity index (χ4n) is 4.77. The van der Waals surface area contributed by atoms with E-state index in [2.05, 4.69) is 21.2 Å². The van der Waals surface area contributed by atoms with Crippen LogP contribution in [0.2, 0.25) is 0 Å². The van der Waals surface area contributed by atoms with Crippen molar-refractivity contribution in [2.24, 2.45) is 0 Å². The number of sulfonamides is 1. The number of aryl methyl sites for hydroxylation is 1. The van der Waals surface area contributed by atoms with Crippen molar-refractivity contribution in [1.29, 1.82) is 0 Å². The van der Waals surface area contributed by atoms with Gasteiger partial charge in [-0.25, -0.2) is 8.42 Å². The Morgan fingerprint density at radius 3 is 2.05 bits per heavy atom. The zero-order valence-electron chi connectivity index (χ0n) is 25.2. The van der Waals surface area contributed by atoms with E-state index in [4.69, 9.17) is 0 Å². The number of amides is 2. The first-order valence-electron chi connectivity index (χ1n) is 14.6. The molecular weight excluding hydrogens is 638 g/mol. The number of nitrogens with zero attached hydrogens (tertiary/aromatic N) is 2. The summed E-state index contributed by atoms with van der Waals surface area (Å²) < 4.78 is 30.0. The summed E-state index contributed by atoms with van der Waals surface area (Å²) in [5, 5.41) is 3.05. The van der Waals surface area contributed by atoms with Crippen molar-refractivity contribution in [1.82, 2.24) is 10.2 Å². The Labute approximate surface area is 269 Å². The molecule has 0 spiro atoms. The van der Waals surface area contributed by atoms with Crippen LogP contribution in [-0.4, -0.2) is 43.8 Å². The molecule has 4 aromatic rings. The zero-order valence-corrected chi connectivity index (χ0v) is 27.6. The maximum absolute atomic E-state index is 14.5. The minimum absolute atomic E-state index is 0.0702. The van der Waals surface area contributed by atoms with E-state index >= 15 is 0 Å². The van der Waals surface area contributed by atoms with Gasteiger partial charge >= 0.3 is 0 Å². The Morgan fingerprint density at radius 2 is 1.45 bits per heavy atom. The highest BCUT2D eigenvalue weighted by molar-refractivity contribution is 9.10. The van der Waals surface area contributed by atoms with Crippen molar-refractivity contribution in [2.45, 2.75) is 57.1 Å². The van der Waals surface area contributed by atoms with Crippen LogP contribution in [0.3, 0.4) is 0 Å². The molecule has 9 heteroatoms. The van der Waals surface area contributed by atoms with Crippen molar-refractivity contribution in [3.8, 4) is 0 Å². The van der Waals surface area contributed by atoms with E-state index in [9.17, 15) is 18.0 Å². The molecule has 2 amide bonds. The summed E-state index contributed by atoms with van der Waals surface area (Å²) in [5.74, 6) is -0.785. The predicted octanol–water partition coefficient (Wildman–Crippen LogP) is 6.51. The second-order valence-electron chi connectivity index (χ2n) is 10.8. The van der Waals surface area contributed by atoms with E-state index in [1.807, 2.05) is 81.4 Å². The minimum atomic E-state index is -4.15. The number of carbonyl (C=O) groups excluding carboxylic acids is 2. The monoisotopic (exact) mass is 675 g/mol. The van der Waals surface area contributed by atoms with Gasteiger partial charge < -0.3 is 10.2 Å². The van der Waals surface area contributed by atoms with Gasteiger partial charge in [-0.15, -0.1) is 0 Å². The molecule has 0 radical (unpaired) electrons. The molecular formula is C35H38BrN3O4S. The highest BCUT2D eigenvalue weighted by Crippen LogP contribution is 2.27. The maximum atomic E-state index is 14.5. The molecule has 0 unspecified atom stereocenters. The molecule has 4 rings (SSSR count). The van der Waals surface area contributed by atoms with Crippen LogP contribution in [0, 0.1) is 6.92 Å². The average molecular weight is 677 g/mol. The fourth-order valence-corrected chi connectivity index (χ4v) is 6.57. The Bertz CT molecular complexity index is 1650. The number of benzene rings is 4. The first-order chi connectivity index (χ1) is 21.1. The molecule has 0 fully saturated rings. The molecule has 1 N–H and O–H groups in total. The summed E-state index contributed by atoms with van der Waals surface area (Å²) in [6, 6.07) is 31.3. The van der Waals surface area contributed by atoms with E-state index in [0.29, 0.717) is 10.2 Å². The summed E-state index contributed by atoms with van der Waals surface area (Å²) in [6.07, 6.45) is 0.991. The van der Waals surface area contributed by atoms with Crippen LogP contribution in [0.5, 0.6) is 0 Å². The van der Waals surface area contributed by atoms with Crippen LogP contribution in [0.4, 0.5) is 5.69 Å². The molecule has 7 nitrogen and oxygen atoms in total. The van der Waals surface area contributed by atoms with Gasteiger partial charge in [-0.1, -0.05) is 107 Å². The second kappa shape index (κ2) is 15.2. The first-order valence-corrected chi connectivity index (χ1v) is 16.8. The standard InChI is InChI=1S/C35H38BrN3O4S/c1-4-27(3)37-35(41)33(22-28-12-7-5-8-13-28)38(24-29-14-9-6-10-15-29)34(40)25-39(31-17-11-16-30(36)23-31)44(42,43)32-20-18-26(2)19-21-32/h5-21,23,27,33H,4,22,24-25H2,1-3H3,(H,37,41)/t27-,33-/m1/s1. The number of nitrogens with one attached hydrogen (secondary N) is 1. The zero-order chi connectivity index (χ0) is 31.7. The lowest BCUT2D eigenvalue weighted by Crippen LogP contribution is -2.54. The quantitative estimate of drug-likeness (QED) is 0.175. The largest absolute Gasteiger partial charge is 0.352 e. The number of carbonyl (C=O) groups is 2. The van der Waals surface area contributed by atoms with Gasteiger partial charge in [-0.05, 0) is 61.7 Å². The number of rotatable bonds is 13. The third-order valence-electron chi connectivity index (χ3n) is 7.45. The van der Waals surface area contributed by atoms with Gasteiger partial charge in [0, 0.05) is 23.5 Å². The molecule has 0 saturated heterocycles.